The van der Waals surface area contributed by atoms with Crippen molar-refractivity contribution in [3.63, 3.8) is 0 Å². The number of benzene rings is 2. The van der Waals surface area contributed by atoms with Gasteiger partial charge in [-0.25, -0.2) is 13.6 Å². The van der Waals surface area contributed by atoms with Crippen LogP contribution in [0.15, 0.2) is 57.9 Å². The first-order valence-corrected chi connectivity index (χ1v) is 8.48. The molecule has 6 nitrogen and oxygen atoms in total. The molecule has 0 fully saturated rings. The Hall–Kier alpha value is -2.51. The first-order valence-electron chi connectivity index (χ1n) is 6.94. The molecule has 0 atom stereocenters. The monoisotopic (exact) mass is 329 g/mol. The van der Waals surface area contributed by atoms with Gasteiger partial charge < -0.3 is 4.52 Å². The van der Waals surface area contributed by atoms with E-state index in [1.807, 2.05) is 31.2 Å². The third kappa shape index (κ3) is 3.46. The van der Waals surface area contributed by atoms with Crippen LogP contribution in [0.2, 0.25) is 0 Å². The number of primary sulfonamides is 1. The van der Waals surface area contributed by atoms with E-state index in [1.165, 1.54) is 11.6 Å². The van der Waals surface area contributed by atoms with Crippen molar-refractivity contribution in [3.05, 3.63) is 65.5 Å². The second-order valence-corrected chi connectivity index (χ2v) is 6.75. The van der Waals surface area contributed by atoms with Crippen LogP contribution in [0.4, 0.5) is 0 Å². The fourth-order valence-corrected chi connectivity index (χ4v) is 2.95. The van der Waals surface area contributed by atoms with Crippen LogP contribution >= 0.6 is 0 Å². The maximum atomic E-state index is 11.6. The van der Waals surface area contributed by atoms with E-state index < -0.39 is 10.0 Å². The molecule has 3 rings (SSSR count). The first-order chi connectivity index (χ1) is 10.9. The van der Waals surface area contributed by atoms with Gasteiger partial charge in [-0.2, -0.15) is 4.98 Å². The topological polar surface area (TPSA) is 99.1 Å². The van der Waals surface area contributed by atoms with Gasteiger partial charge in [0.15, 0.2) is 0 Å². The normalized spacial score (nSPS) is 11.6. The van der Waals surface area contributed by atoms with Crippen molar-refractivity contribution in [1.29, 1.82) is 0 Å². The molecule has 0 aliphatic carbocycles. The van der Waals surface area contributed by atoms with E-state index >= 15 is 0 Å². The number of aromatic nitrogens is 2. The van der Waals surface area contributed by atoms with Gasteiger partial charge in [0, 0.05) is 5.56 Å². The van der Waals surface area contributed by atoms with Gasteiger partial charge in [-0.15, -0.1) is 0 Å². The molecule has 1 aromatic heterocycles. The molecular formula is C16H15N3O3S. The Bertz CT molecular complexity index is 931. The van der Waals surface area contributed by atoms with Crippen LogP contribution < -0.4 is 5.14 Å². The average molecular weight is 329 g/mol. The molecular weight excluding hydrogens is 314 g/mol. The number of aryl methyl sites for hydroxylation is 1. The number of hydrogen-bond acceptors (Lipinski definition) is 5. The van der Waals surface area contributed by atoms with Crippen LogP contribution in [0.25, 0.3) is 11.4 Å². The van der Waals surface area contributed by atoms with Crippen LogP contribution in [-0.4, -0.2) is 18.6 Å². The van der Waals surface area contributed by atoms with Gasteiger partial charge in [0.1, 0.15) is 0 Å². The molecule has 3 aromatic rings. The van der Waals surface area contributed by atoms with Crippen molar-refractivity contribution in [2.45, 2.75) is 18.2 Å². The summed E-state index contributed by atoms with van der Waals surface area (Å²) in [5, 5.41) is 9.09. The van der Waals surface area contributed by atoms with Gasteiger partial charge in [0.25, 0.3) is 0 Å². The summed E-state index contributed by atoms with van der Waals surface area (Å²) in [4.78, 5) is 4.25. The highest BCUT2D eigenvalue weighted by Gasteiger charge is 2.18. The number of nitrogens with zero attached hydrogens (tertiary/aromatic N) is 2. The number of rotatable bonds is 4. The molecule has 2 N–H and O–H groups in total. The quantitative estimate of drug-likeness (QED) is 0.791. The molecule has 23 heavy (non-hydrogen) atoms. The second-order valence-electron chi connectivity index (χ2n) is 5.22. The predicted octanol–water partition coefficient (Wildman–Crippen LogP) is 2.28. The van der Waals surface area contributed by atoms with Crippen LogP contribution in [0.5, 0.6) is 0 Å². The Kier molecular flexibility index (Phi) is 3.97. The lowest BCUT2D eigenvalue weighted by Crippen LogP contribution is -2.13. The van der Waals surface area contributed by atoms with E-state index in [0.29, 0.717) is 17.9 Å². The average Bonchev–Trinajstić information content (AvgIpc) is 2.97. The van der Waals surface area contributed by atoms with Crippen molar-refractivity contribution in [2.75, 3.05) is 0 Å². The largest absolute Gasteiger partial charge is 0.339 e. The maximum Gasteiger partial charge on any atom is 0.238 e. The Morgan fingerprint density at radius 1 is 1.09 bits per heavy atom. The Morgan fingerprint density at radius 2 is 1.78 bits per heavy atom. The summed E-state index contributed by atoms with van der Waals surface area (Å²) in [7, 11) is -3.86. The van der Waals surface area contributed by atoms with Crippen molar-refractivity contribution in [3.8, 4) is 11.4 Å². The van der Waals surface area contributed by atoms with Gasteiger partial charge >= 0.3 is 0 Å². The predicted molar refractivity (Wildman–Crippen MR) is 85.1 cm³/mol. The summed E-state index contributed by atoms with van der Waals surface area (Å²) in [5.74, 6) is 0.616. The molecule has 0 unspecified atom stereocenters. The highest BCUT2D eigenvalue weighted by molar-refractivity contribution is 7.89. The second kappa shape index (κ2) is 5.94. The van der Waals surface area contributed by atoms with Gasteiger partial charge in [-0.3, -0.25) is 0 Å². The first kappa shape index (κ1) is 15.4. The Morgan fingerprint density at radius 3 is 2.48 bits per heavy atom. The fraction of sp³-hybridized carbons (Fsp3) is 0.125. The van der Waals surface area contributed by atoms with E-state index in [1.54, 1.807) is 18.2 Å². The van der Waals surface area contributed by atoms with E-state index in [9.17, 15) is 8.42 Å². The van der Waals surface area contributed by atoms with E-state index in [0.717, 1.165) is 5.56 Å². The van der Waals surface area contributed by atoms with Gasteiger partial charge in [-0.05, 0) is 24.6 Å². The highest BCUT2D eigenvalue weighted by atomic mass is 32.2. The molecule has 0 saturated heterocycles. The third-order valence-electron chi connectivity index (χ3n) is 3.38. The smallest absolute Gasteiger partial charge is 0.238 e. The maximum absolute atomic E-state index is 11.6. The minimum Gasteiger partial charge on any atom is -0.339 e. The lowest BCUT2D eigenvalue weighted by Gasteiger charge is -2.02. The Labute approximate surface area is 134 Å². The fourth-order valence-electron chi connectivity index (χ4n) is 2.22. The summed E-state index contributed by atoms with van der Waals surface area (Å²) in [5.41, 5.74) is 2.53. The molecule has 7 heteroatoms. The molecule has 0 saturated carbocycles. The van der Waals surface area contributed by atoms with Crippen molar-refractivity contribution < 1.29 is 12.9 Å². The van der Waals surface area contributed by atoms with Gasteiger partial charge in [0.2, 0.25) is 21.7 Å². The third-order valence-corrected chi connectivity index (χ3v) is 4.35. The van der Waals surface area contributed by atoms with Crippen molar-refractivity contribution >= 4 is 10.0 Å². The SMILES string of the molecule is Cc1ccc(Cc2nc(-c3ccccc3S(N)(=O)=O)no2)cc1. The molecule has 1 heterocycles. The molecule has 118 valence electrons. The molecule has 0 aliphatic rings. The lowest BCUT2D eigenvalue weighted by molar-refractivity contribution is 0.385. The number of nitrogens with two attached hydrogens (primary N) is 1. The van der Waals surface area contributed by atoms with Crippen LogP contribution in [0.1, 0.15) is 17.0 Å². The molecule has 0 aliphatic heterocycles. The summed E-state index contributed by atoms with van der Waals surface area (Å²) < 4.78 is 28.5. The zero-order valence-electron chi connectivity index (χ0n) is 12.4. The van der Waals surface area contributed by atoms with E-state index in [2.05, 4.69) is 10.1 Å². The number of hydrogen-bond donors (Lipinski definition) is 1. The lowest BCUT2D eigenvalue weighted by atomic mass is 10.1. The molecule has 0 spiro atoms. The molecule has 0 radical (unpaired) electrons. The minimum absolute atomic E-state index is 0.0253. The van der Waals surface area contributed by atoms with Gasteiger partial charge in [-0.1, -0.05) is 47.1 Å². The van der Waals surface area contributed by atoms with Crippen molar-refractivity contribution in [2.24, 2.45) is 5.14 Å². The molecule has 2 aromatic carbocycles. The van der Waals surface area contributed by atoms with Crippen LogP contribution in [-0.2, 0) is 16.4 Å². The summed E-state index contributed by atoms with van der Waals surface area (Å²) in [6.45, 7) is 2.01. The highest BCUT2D eigenvalue weighted by Crippen LogP contribution is 2.24. The van der Waals surface area contributed by atoms with E-state index in [4.69, 9.17) is 9.66 Å². The molecule has 0 bridgehead atoms. The molecule has 0 amide bonds. The summed E-state index contributed by atoms with van der Waals surface area (Å²) in [6, 6.07) is 14.3. The summed E-state index contributed by atoms with van der Waals surface area (Å²) >= 11 is 0. The van der Waals surface area contributed by atoms with E-state index in [-0.39, 0.29) is 10.7 Å². The zero-order chi connectivity index (χ0) is 16.4. The Balaban J connectivity index is 1.92. The number of sulfonamides is 1. The van der Waals surface area contributed by atoms with Crippen molar-refractivity contribution in [1.82, 2.24) is 10.1 Å². The standard InChI is InChI=1S/C16H15N3O3S/c1-11-6-8-12(9-7-11)10-15-18-16(19-22-15)13-4-2-3-5-14(13)23(17,20)21/h2-9H,10H2,1H3,(H2,17,20,21). The van der Waals surface area contributed by atoms with Crippen LogP contribution in [0.3, 0.4) is 0 Å². The zero-order valence-corrected chi connectivity index (χ0v) is 13.2. The van der Waals surface area contributed by atoms with Crippen LogP contribution in [0, 0.1) is 6.92 Å². The van der Waals surface area contributed by atoms with Gasteiger partial charge in [0.05, 0.1) is 11.3 Å². The summed E-state index contributed by atoms with van der Waals surface area (Å²) in [6.07, 6.45) is 0.477. The minimum atomic E-state index is -3.86.